The van der Waals surface area contributed by atoms with Gasteiger partial charge >= 0.3 is 12.1 Å². The van der Waals surface area contributed by atoms with Crippen LogP contribution in [0.15, 0.2) is 0 Å². The number of carbonyl (C=O) groups is 2. The Morgan fingerprint density at radius 1 is 1.38 bits per heavy atom. The first-order chi connectivity index (χ1) is 5.80. The molecule has 0 saturated carbocycles. The molecule has 3 nitrogen and oxygen atoms in total. The van der Waals surface area contributed by atoms with Crippen LogP contribution in [0.3, 0.4) is 0 Å². The molecule has 0 aromatic heterocycles. The van der Waals surface area contributed by atoms with E-state index < -0.39 is 24.1 Å². The molecule has 0 fully saturated rings. The van der Waals surface area contributed by atoms with Crippen LogP contribution < -0.4 is 0 Å². The van der Waals surface area contributed by atoms with Crippen LogP contribution in [0.25, 0.3) is 0 Å². The minimum Gasteiger partial charge on any atom is -0.463 e. The average molecular weight is 202 g/mol. The van der Waals surface area contributed by atoms with Gasteiger partial charge < -0.3 is 4.74 Å². The van der Waals surface area contributed by atoms with Gasteiger partial charge in [0.25, 0.3) is 12.0 Å². The smallest absolute Gasteiger partial charge is 0.453 e. The molecular formula is C6H6F4O3. The Bertz CT molecular complexity index is 210. The van der Waals surface area contributed by atoms with E-state index >= 15 is 0 Å². The van der Waals surface area contributed by atoms with E-state index in [1.807, 2.05) is 0 Å². The third kappa shape index (κ3) is 3.39. The summed E-state index contributed by atoms with van der Waals surface area (Å²) in [4.78, 5) is 20.4. The number of ether oxygens (including phenoxy) is 1. The predicted octanol–water partition coefficient (Wildman–Crippen LogP) is 1.02. The first kappa shape index (κ1) is 11.9. The van der Waals surface area contributed by atoms with E-state index in [0.29, 0.717) is 0 Å². The summed E-state index contributed by atoms with van der Waals surface area (Å²) in [6.07, 6.45) is -8.63. The third-order valence-corrected chi connectivity index (χ3v) is 1.00. The Morgan fingerprint density at radius 2 is 1.85 bits per heavy atom. The van der Waals surface area contributed by atoms with Crippen LogP contribution in [-0.4, -0.2) is 30.7 Å². The summed E-state index contributed by atoms with van der Waals surface area (Å²) in [5.74, 6) is -4.56. The largest absolute Gasteiger partial charge is 0.463 e. The van der Waals surface area contributed by atoms with Gasteiger partial charge in [0.1, 0.15) is 0 Å². The van der Waals surface area contributed by atoms with Gasteiger partial charge in [-0.1, -0.05) is 0 Å². The van der Waals surface area contributed by atoms with Crippen molar-refractivity contribution in [3.05, 3.63) is 0 Å². The highest BCUT2D eigenvalue weighted by Gasteiger charge is 2.47. The second-order valence-corrected chi connectivity index (χ2v) is 1.98. The van der Waals surface area contributed by atoms with Gasteiger partial charge in [-0.3, -0.25) is 4.79 Å². The van der Waals surface area contributed by atoms with Crippen LogP contribution >= 0.6 is 0 Å². The molecule has 0 aromatic rings. The highest BCUT2D eigenvalue weighted by atomic mass is 19.4. The van der Waals surface area contributed by atoms with Crippen LogP contribution in [-0.2, 0) is 14.3 Å². The maximum atomic E-state index is 12.3. The van der Waals surface area contributed by atoms with E-state index in [1.54, 1.807) is 0 Å². The van der Waals surface area contributed by atoms with Gasteiger partial charge in [0.05, 0.1) is 6.61 Å². The van der Waals surface area contributed by atoms with Crippen LogP contribution in [0.4, 0.5) is 17.6 Å². The molecule has 0 saturated heterocycles. The number of carbonyl (C=O) groups excluding carboxylic acids is 2. The molecule has 1 atom stereocenters. The van der Waals surface area contributed by atoms with Crippen LogP contribution in [0, 0.1) is 0 Å². The second kappa shape index (κ2) is 4.20. The number of Topliss-reactive ketones (excluding diaryl/α,β-unsaturated/α-hetero) is 1. The Balaban J connectivity index is 4.35. The SMILES string of the molecule is CCOC(=O)[C@H](F)C(=O)C(F)(F)F. The van der Waals surface area contributed by atoms with Crippen molar-refractivity contribution in [1.29, 1.82) is 0 Å². The highest BCUT2D eigenvalue weighted by Crippen LogP contribution is 2.19. The summed E-state index contributed by atoms with van der Waals surface area (Å²) in [5, 5.41) is 0. The molecule has 0 aliphatic heterocycles. The maximum Gasteiger partial charge on any atom is 0.453 e. The zero-order chi connectivity index (χ0) is 10.6. The first-order valence-electron chi connectivity index (χ1n) is 3.22. The molecule has 76 valence electrons. The molecule has 0 aliphatic carbocycles. The maximum absolute atomic E-state index is 12.3. The van der Waals surface area contributed by atoms with Gasteiger partial charge in [-0.15, -0.1) is 0 Å². The Labute approximate surface area is 70.7 Å². The van der Waals surface area contributed by atoms with Gasteiger partial charge in [0.2, 0.25) is 0 Å². The summed E-state index contributed by atoms with van der Waals surface area (Å²) < 4.78 is 50.7. The Hall–Kier alpha value is -1.14. The lowest BCUT2D eigenvalue weighted by Crippen LogP contribution is -2.37. The van der Waals surface area contributed by atoms with Gasteiger partial charge in [0, 0.05) is 0 Å². The molecule has 0 amide bonds. The van der Waals surface area contributed by atoms with Crippen molar-refractivity contribution in [3.63, 3.8) is 0 Å². The molecule has 0 rings (SSSR count). The lowest BCUT2D eigenvalue weighted by Gasteiger charge is -2.08. The predicted molar refractivity (Wildman–Crippen MR) is 32.6 cm³/mol. The van der Waals surface area contributed by atoms with E-state index in [1.165, 1.54) is 6.92 Å². The van der Waals surface area contributed by atoms with Crippen molar-refractivity contribution in [2.24, 2.45) is 0 Å². The van der Waals surface area contributed by atoms with Crippen molar-refractivity contribution in [2.75, 3.05) is 6.61 Å². The summed E-state index contributed by atoms with van der Waals surface area (Å²) in [5.41, 5.74) is 0. The fraction of sp³-hybridized carbons (Fsp3) is 0.667. The normalized spacial score (nSPS) is 13.6. The molecule has 0 aliphatic rings. The van der Waals surface area contributed by atoms with Gasteiger partial charge in [-0.05, 0) is 6.92 Å². The van der Waals surface area contributed by atoms with Crippen molar-refractivity contribution in [2.45, 2.75) is 19.3 Å². The van der Waals surface area contributed by atoms with Crippen molar-refractivity contribution in [1.82, 2.24) is 0 Å². The summed E-state index contributed by atoms with van der Waals surface area (Å²) in [6.45, 7) is 0.993. The zero-order valence-electron chi connectivity index (χ0n) is 6.52. The van der Waals surface area contributed by atoms with Crippen molar-refractivity contribution >= 4 is 11.8 Å². The quantitative estimate of drug-likeness (QED) is 0.390. The first-order valence-corrected chi connectivity index (χ1v) is 3.22. The van der Waals surface area contributed by atoms with Crippen LogP contribution in [0.1, 0.15) is 6.92 Å². The Kier molecular flexibility index (Phi) is 3.83. The molecule has 0 radical (unpaired) electrons. The zero-order valence-corrected chi connectivity index (χ0v) is 6.52. The standard InChI is InChI=1S/C6H6F4O3/c1-2-13-5(12)3(7)4(11)6(8,9)10/h3H,2H2,1H3/t3-/m1/s1. The molecule has 0 aromatic carbocycles. The number of esters is 1. The number of hydrogen-bond acceptors (Lipinski definition) is 3. The van der Waals surface area contributed by atoms with E-state index in [9.17, 15) is 27.2 Å². The lowest BCUT2D eigenvalue weighted by molar-refractivity contribution is -0.181. The van der Waals surface area contributed by atoms with Crippen molar-refractivity contribution < 1.29 is 31.9 Å². The fourth-order valence-electron chi connectivity index (χ4n) is 0.466. The fourth-order valence-corrected chi connectivity index (χ4v) is 0.466. The minimum atomic E-state index is -5.35. The molecule has 0 bridgehead atoms. The van der Waals surface area contributed by atoms with Gasteiger partial charge in [-0.25, -0.2) is 9.18 Å². The van der Waals surface area contributed by atoms with E-state index in [2.05, 4.69) is 4.74 Å². The number of ketones is 1. The average Bonchev–Trinajstić information content (AvgIpc) is 2.00. The molecule has 7 heteroatoms. The molecule has 0 unspecified atom stereocenters. The summed E-state index contributed by atoms with van der Waals surface area (Å²) in [6, 6.07) is 0. The lowest BCUT2D eigenvalue weighted by atomic mass is 10.2. The molecule has 0 heterocycles. The summed E-state index contributed by atoms with van der Waals surface area (Å²) >= 11 is 0. The van der Waals surface area contributed by atoms with Gasteiger partial charge in [-0.2, -0.15) is 13.2 Å². The van der Waals surface area contributed by atoms with Crippen molar-refractivity contribution in [3.8, 4) is 0 Å². The number of rotatable bonds is 3. The van der Waals surface area contributed by atoms with Crippen LogP contribution in [0.2, 0.25) is 0 Å². The monoisotopic (exact) mass is 202 g/mol. The second-order valence-electron chi connectivity index (χ2n) is 1.98. The number of alkyl halides is 4. The molecule has 13 heavy (non-hydrogen) atoms. The number of halogens is 4. The summed E-state index contributed by atoms with van der Waals surface area (Å²) in [7, 11) is 0. The van der Waals surface area contributed by atoms with Crippen LogP contribution in [0.5, 0.6) is 0 Å². The van der Waals surface area contributed by atoms with Gasteiger partial charge in [0.15, 0.2) is 0 Å². The van der Waals surface area contributed by atoms with E-state index in [-0.39, 0.29) is 6.61 Å². The minimum absolute atomic E-state index is 0.287. The third-order valence-electron chi connectivity index (χ3n) is 1.00. The van der Waals surface area contributed by atoms with E-state index in [4.69, 9.17) is 0 Å². The number of hydrogen-bond donors (Lipinski definition) is 0. The highest BCUT2D eigenvalue weighted by molar-refractivity contribution is 6.04. The Morgan fingerprint density at radius 3 is 2.15 bits per heavy atom. The molecular weight excluding hydrogens is 196 g/mol. The van der Waals surface area contributed by atoms with E-state index in [0.717, 1.165) is 0 Å². The molecule has 0 N–H and O–H groups in total. The topological polar surface area (TPSA) is 43.4 Å². The molecule has 0 spiro atoms.